The molecule has 0 aliphatic carbocycles. The summed E-state index contributed by atoms with van der Waals surface area (Å²) in [5.74, 6) is 0. The van der Waals surface area contributed by atoms with Crippen LogP contribution < -0.4 is 0 Å². The zero-order valence-corrected chi connectivity index (χ0v) is 7.57. The summed E-state index contributed by atoms with van der Waals surface area (Å²) >= 11 is 0. The van der Waals surface area contributed by atoms with E-state index < -0.39 is 6.10 Å². The van der Waals surface area contributed by atoms with E-state index >= 15 is 0 Å². The fraction of sp³-hybridized carbons (Fsp3) is 0.750. The monoisotopic (exact) mass is 273 g/mol. The Labute approximate surface area is 59.4 Å². The fourth-order valence-electron chi connectivity index (χ4n) is 0. The summed E-state index contributed by atoms with van der Waals surface area (Å²) in [6, 6.07) is 0. The van der Waals surface area contributed by atoms with Crippen LogP contribution >= 0.6 is 0 Å². The van der Waals surface area contributed by atoms with E-state index in [2.05, 4.69) is 0 Å². The van der Waals surface area contributed by atoms with E-state index in [-0.39, 0.29) is 35.0 Å². The van der Waals surface area contributed by atoms with Crippen molar-refractivity contribution in [2.45, 2.75) is 13.0 Å². The number of hydrogen-bond acceptors (Lipinski definition) is 1. The maximum atomic E-state index is 8.17. The van der Waals surface area contributed by atoms with Crippen LogP contribution in [0.5, 0.6) is 0 Å². The molecule has 0 aromatic heterocycles. The molecule has 0 aliphatic heterocycles. The van der Waals surface area contributed by atoms with Crippen molar-refractivity contribution in [1.82, 2.24) is 0 Å². The van der Waals surface area contributed by atoms with Crippen LogP contribution in [0, 0.1) is 7.43 Å². The van der Waals surface area contributed by atoms with Crippen molar-refractivity contribution < 1.29 is 26.2 Å². The van der Waals surface area contributed by atoms with Crippen LogP contribution in [0.1, 0.15) is 6.92 Å². The largest absolute Gasteiger partial charge is 2.00 e. The molecule has 0 saturated carbocycles. The van der Waals surface area contributed by atoms with Gasteiger partial charge in [0.15, 0.2) is 0 Å². The first kappa shape index (κ1) is 15.6. The van der Waals surface area contributed by atoms with Gasteiger partial charge in [0.05, 0.1) is 0 Å². The van der Waals surface area contributed by atoms with E-state index in [0.29, 0.717) is 0 Å². The van der Waals surface area contributed by atoms with Gasteiger partial charge in [-0.05, 0) is 6.92 Å². The average molecular weight is 273 g/mol. The smallest absolute Gasteiger partial charge is 0.675 e. The molecule has 2 N–H and O–H groups in total. The van der Waals surface area contributed by atoms with Crippen LogP contribution in [0.3, 0.4) is 0 Å². The maximum absolute atomic E-state index is 8.17. The van der Waals surface area contributed by atoms with Crippen molar-refractivity contribution in [2.75, 3.05) is 6.54 Å². The number of hydrogen-bond donors (Lipinski definition) is 1. The molecule has 0 bridgehead atoms. The molecule has 0 radical (unpaired) electrons. The van der Waals surface area contributed by atoms with Crippen LogP contribution in [-0.2, 0) is 21.1 Å². The van der Waals surface area contributed by atoms with Crippen molar-refractivity contribution >= 4 is 0 Å². The van der Waals surface area contributed by atoms with E-state index in [9.17, 15) is 0 Å². The number of rotatable bonds is 1. The average Bonchev–Trinajstić information content (AvgIpc) is 1.38. The molecule has 0 aromatic carbocycles. The van der Waals surface area contributed by atoms with Crippen molar-refractivity contribution in [3.05, 3.63) is 13.2 Å². The van der Waals surface area contributed by atoms with Gasteiger partial charge in [0.1, 0.15) is 0 Å². The summed E-state index contributed by atoms with van der Waals surface area (Å²) in [6.45, 7) is 1.70. The van der Waals surface area contributed by atoms with Gasteiger partial charge in [0, 0.05) is 6.10 Å². The molecular formula is C4H11NOW. The zero-order chi connectivity index (χ0) is 4.28. The maximum Gasteiger partial charge on any atom is 2.00 e. The standard InChI is InChI=1S/C3H8NO.CH3.W/c1-3(5)2-4;;/h3-5H,2H2,1H3;1H3;/q2*-1;+2. The Kier molecular flexibility index (Phi) is 21.9. The Bertz CT molecular complexity index is 25.7. The van der Waals surface area contributed by atoms with Gasteiger partial charge in [-0.25, -0.2) is 0 Å². The number of aliphatic hydroxyl groups is 1. The minimum atomic E-state index is -0.449. The molecule has 0 rings (SSSR count). The molecule has 0 aliphatic rings. The van der Waals surface area contributed by atoms with Crippen molar-refractivity contribution in [1.29, 1.82) is 0 Å². The molecule has 0 saturated heterocycles. The van der Waals surface area contributed by atoms with Gasteiger partial charge < -0.3 is 18.3 Å². The van der Waals surface area contributed by atoms with E-state index in [4.69, 9.17) is 10.8 Å². The number of nitrogens with one attached hydrogen (secondary N) is 1. The molecule has 1 atom stereocenters. The molecule has 0 spiro atoms. The van der Waals surface area contributed by atoms with Gasteiger partial charge in [-0.2, -0.15) is 0 Å². The van der Waals surface area contributed by atoms with E-state index in [0.717, 1.165) is 0 Å². The van der Waals surface area contributed by atoms with Crippen LogP contribution in [0.15, 0.2) is 0 Å². The summed E-state index contributed by atoms with van der Waals surface area (Å²) < 4.78 is 0. The summed E-state index contributed by atoms with van der Waals surface area (Å²) in [6.07, 6.45) is -0.449. The van der Waals surface area contributed by atoms with E-state index in [1.165, 1.54) is 0 Å². The predicted octanol–water partition coefficient (Wildman–Crippen LogP) is 0.867. The van der Waals surface area contributed by atoms with Gasteiger partial charge >= 0.3 is 21.1 Å². The molecule has 0 aromatic rings. The SMILES string of the molecule is CC(O)C[NH-].[CH3-].[W+2]. The molecular weight excluding hydrogens is 262 g/mol. The molecule has 1 unspecified atom stereocenters. The van der Waals surface area contributed by atoms with Crippen LogP contribution in [0.25, 0.3) is 5.73 Å². The van der Waals surface area contributed by atoms with E-state index in [1.54, 1.807) is 6.92 Å². The van der Waals surface area contributed by atoms with Crippen LogP contribution in [0.2, 0.25) is 0 Å². The molecule has 0 heterocycles. The Morgan fingerprint density at radius 3 is 1.86 bits per heavy atom. The molecule has 2 nitrogen and oxygen atoms in total. The molecule has 0 fully saturated rings. The molecule has 3 heteroatoms. The quantitative estimate of drug-likeness (QED) is 0.708. The van der Waals surface area contributed by atoms with Crippen LogP contribution in [-0.4, -0.2) is 17.8 Å². The van der Waals surface area contributed by atoms with Crippen molar-refractivity contribution in [3.63, 3.8) is 0 Å². The van der Waals surface area contributed by atoms with E-state index in [1.807, 2.05) is 0 Å². The van der Waals surface area contributed by atoms with Crippen LogP contribution in [0.4, 0.5) is 0 Å². The second kappa shape index (κ2) is 9.79. The summed E-state index contributed by atoms with van der Waals surface area (Å²) in [5, 5.41) is 8.17. The Balaban J connectivity index is -0.0000000800. The Morgan fingerprint density at radius 2 is 1.86 bits per heavy atom. The third kappa shape index (κ3) is 20.6. The Hall–Kier alpha value is 0.608. The molecule has 0 amide bonds. The van der Waals surface area contributed by atoms with Crippen molar-refractivity contribution in [2.24, 2.45) is 0 Å². The van der Waals surface area contributed by atoms with Gasteiger partial charge in [-0.3, -0.25) is 0 Å². The first-order chi connectivity index (χ1) is 2.27. The minimum Gasteiger partial charge on any atom is -0.675 e. The predicted molar refractivity (Wildman–Crippen MR) is 27.3 cm³/mol. The summed E-state index contributed by atoms with van der Waals surface area (Å²) in [5.41, 5.74) is 6.41. The number of aliphatic hydroxyl groups excluding tert-OH is 1. The summed E-state index contributed by atoms with van der Waals surface area (Å²) in [4.78, 5) is 0. The fourth-order valence-corrected chi connectivity index (χ4v) is 0. The van der Waals surface area contributed by atoms with Gasteiger partial charge in [0.2, 0.25) is 0 Å². The Morgan fingerprint density at radius 1 is 1.71 bits per heavy atom. The second-order valence-electron chi connectivity index (χ2n) is 1.05. The molecule has 44 valence electrons. The summed E-state index contributed by atoms with van der Waals surface area (Å²) in [7, 11) is 0. The first-order valence-corrected chi connectivity index (χ1v) is 1.60. The zero-order valence-electron chi connectivity index (χ0n) is 4.64. The van der Waals surface area contributed by atoms with Gasteiger partial charge in [-0.15, -0.1) is 6.54 Å². The van der Waals surface area contributed by atoms with Gasteiger partial charge in [0.25, 0.3) is 0 Å². The van der Waals surface area contributed by atoms with Gasteiger partial charge in [-0.1, -0.05) is 0 Å². The normalized spacial score (nSPS) is 10.7. The third-order valence-electron chi connectivity index (χ3n) is 0.295. The minimum absolute atomic E-state index is 0. The van der Waals surface area contributed by atoms with Crippen molar-refractivity contribution in [3.8, 4) is 0 Å². The third-order valence-corrected chi connectivity index (χ3v) is 0.295. The first-order valence-electron chi connectivity index (χ1n) is 1.60. The second-order valence-corrected chi connectivity index (χ2v) is 1.05. The topological polar surface area (TPSA) is 44.0 Å². The molecule has 7 heavy (non-hydrogen) atoms.